The fraction of sp³-hybridized carbons (Fsp3) is 0.0870. The van der Waals surface area contributed by atoms with Gasteiger partial charge in [0.15, 0.2) is 5.43 Å². The summed E-state index contributed by atoms with van der Waals surface area (Å²) in [7, 11) is 0. The third-order valence-electron chi connectivity index (χ3n) is 4.59. The van der Waals surface area contributed by atoms with Gasteiger partial charge >= 0.3 is 6.36 Å². The highest BCUT2D eigenvalue weighted by Gasteiger charge is 2.31. The smallest absolute Gasteiger partial charge is 0.457 e. The molecular formula is C23H15F4NO3. The number of nitrogens with one attached hydrogen (secondary N) is 1. The van der Waals surface area contributed by atoms with Crippen LogP contribution in [-0.2, 0) is 0 Å². The molecule has 0 saturated carbocycles. The topological polar surface area (TPSA) is 51.3 Å². The Kier molecular flexibility index (Phi) is 5.14. The van der Waals surface area contributed by atoms with Crippen molar-refractivity contribution in [3.63, 3.8) is 0 Å². The monoisotopic (exact) mass is 429 g/mol. The van der Waals surface area contributed by atoms with Crippen molar-refractivity contribution in [2.24, 2.45) is 0 Å². The Morgan fingerprint density at radius 1 is 0.839 bits per heavy atom. The molecule has 1 aromatic heterocycles. The highest BCUT2D eigenvalue weighted by molar-refractivity contribution is 5.84. The van der Waals surface area contributed by atoms with E-state index in [4.69, 9.17) is 4.74 Å². The first-order valence-electron chi connectivity index (χ1n) is 9.16. The van der Waals surface area contributed by atoms with Gasteiger partial charge in [0.2, 0.25) is 0 Å². The van der Waals surface area contributed by atoms with Crippen LogP contribution in [0.4, 0.5) is 17.6 Å². The number of alkyl halides is 3. The van der Waals surface area contributed by atoms with Crippen LogP contribution in [0.25, 0.3) is 22.0 Å². The predicted molar refractivity (Wildman–Crippen MR) is 108 cm³/mol. The van der Waals surface area contributed by atoms with Gasteiger partial charge in [-0.05, 0) is 67.1 Å². The van der Waals surface area contributed by atoms with Gasteiger partial charge in [-0.1, -0.05) is 12.1 Å². The number of pyridine rings is 1. The number of aryl methyl sites for hydroxylation is 1. The van der Waals surface area contributed by atoms with Crippen LogP contribution >= 0.6 is 0 Å². The molecule has 4 nitrogen and oxygen atoms in total. The van der Waals surface area contributed by atoms with E-state index in [-0.39, 0.29) is 16.6 Å². The average molecular weight is 429 g/mol. The molecule has 8 heteroatoms. The van der Waals surface area contributed by atoms with Gasteiger partial charge in [-0.2, -0.15) is 0 Å². The molecule has 1 heterocycles. The molecule has 3 aromatic carbocycles. The first kappa shape index (κ1) is 20.5. The molecule has 0 unspecified atom stereocenters. The van der Waals surface area contributed by atoms with E-state index in [1.54, 1.807) is 31.2 Å². The number of hydrogen-bond donors (Lipinski definition) is 1. The van der Waals surface area contributed by atoms with Crippen LogP contribution in [0.2, 0.25) is 0 Å². The fourth-order valence-electron chi connectivity index (χ4n) is 3.27. The second kappa shape index (κ2) is 7.79. The van der Waals surface area contributed by atoms with Crippen molar-refractivity contribution < 1.29 is 27.0 Å². The van der Waals surface area contributed by atoms with E-state index in [0.717, 1.165) is 12.1 Å². The van der Waals surface area contributed by atoms with E-state index in [1.165, 1.54) is 30.3 Å². The van der Waals surface area contributed by atoms with Gasteiger partial charge in [0.1, 0.15) is 23.1 Å². The molecule has 4 aromatic rings. The number of halogens is 4. The van der Waals surface area contributed by atoms with Crippen LogP contribution in [-0.4, -0.2) is 11.3 Å². The third kappa shape index (κ3) is 4.53. The molecule has 158 valence electrons. The highest BCUT2D eigenvalue weighted by Crippen LogP contribution is 2.29. The Labute approximate surface area is 173 Å². The summed E-state index contributed by atoms with van der Waals surface area (Å²) in [5, 5.41) is 0.252. The first-order valence-corrected chi connectivity index (χ1v) is 9.16. The zero-order valence-electron chi connectivity index (χ0n) is 16.1. The number of hydrogen-bond acceptors (Lipinski definition) is 3. The number of aromatic amines is 1. The van der Waals surface area contributed by atoms with Crippen molar-refractivity contribution in [2.45, 2.75) is 13.3 Å². The molecule has 0 aliphatic carbocycles. The van der Waals surface area contributed by atoms with Gasteiger partial charge < -0.3 is 14.5 Å². The van der Waals surface area contributed by atoms with Gasteiger partial charge in [0.25, 0.3) is 0 Å². The summed E-state index contributed by atoms with van der Waals surface area (Å²) in [5.74, 6) is -0.104. The lowest BCUT2D eigenvalue weighted by molar-refractivity contribution is -0.274. The second-order valence-electron chi connectivity index (χ2n) is 6.79. The van der Waals surface area contributed by atoms with Crippen molar-refractivity contribution in [3.05, 3.63) is 88.5 Å². The van der Waals surface area contributed by atoms with Crippen molar-refractivity contribution in [1.29, 1.82) is 0 Å². The molecule has 0 radical (unpaired) electrons. The van der Waals surface area contributed by atoms with E-state index in [2.05, 4.69) is 9.72 Å². The Bertz CT molecular complexity index is 1290. The molecule has 0 aliphatic heterocycles. The van der Waals surface area contributed by atoms with Gasteiger partial charge in [-0.3, -0.25) is 4.79 Å². The fourth-order valence-corrected chi connectivity index (χ4v) is 3.27. The summed E-state index contributed by atoms with van der Waals surface area (Å²) in [4.78, 5) is 16.0. The van der Waals surface area contributed by atoms with Crippen LogP contribution < -0.4 is 14.9 Å². The van der Waals surface area contributed by atoms with Gasteiger partial charge in [0.05, 0.1) is 0 Å². The van der Waals surface area contributed by atoms with Gasteiger partial charge in [0, 0.05) is 22.2 Å². The molecular weight excluding hydrogens is 414 g/mol. The standard InChI is InChI=1S/C23H15F4NO3/c1-13-21(22(29)19-12-15(24)4-11-20(19)28-13)14-2-5-16(6-3-14)30-17-7-9-18(10-8-17)31-23(25,26)27/h2-12H,1H3,(H,28,29). The minimum atomic E-state index is -4.76. The van der Waals surface area contributed by atoms with Gasteiger partial charge in [-0.15, -0.1) is 13.2 Å². The number of benzene rings is 3. The Balaban J connectivity index is 1.58. The van der Waals surface area contributed by atoms with Crippen LogP contribution in [0.5, 0.6) is 17.2 Å². The molecule has 0 bridgehead atoms. The average Bonchev–Trinajstić information content (AvgIpc) is 2.70. The van der Waals surface area contributed by atoms with Crippen LogP contribution in [0.3, 0.4) is 0 Å². The molecule has 0 aliphatic rings. The summed E-state index contributed by atoms with van der Waals surface area (Å²) >= 11 is 0. The summed E-state index contributed by atoms with van der Waals surface area (Å²) in [5.41, 5.74) is 1.92. The quantitative estimate of drug-likeness (QED) is 0.386. The number of fused-ring (bicyclic) bond motifs is 1. The van der Waals surface area contributed by atoms with Crippen molar-refractivity contribution in [3.8, 4) is 28.4 Å². The van der Waals surface area contributed by atoms with Crippen LogP contribution in [0.15, 0.2) is 71.5 Å². The molecule has 31 heavy (non-hydrogen) atoms. The van der Waals surface area contributed by atoms with Crippen molar-refractivity contribution in [1.82, 2.24) is 4.98 Å². The van der Waals surface area contributed by atoms with Crippen molar-refractivity contribution in [2.75, 3.05) is 0 Å². The zero-order chi connectivity index (χ0) is 22.2. The minimum absolute atomic E-state index is 0.252. The summed E-state index contributed by atoms with van der Waals surface area (Å²) < 4.78 is 59.7. The lowest BCUT2D eigenvalue weighted by Gasteiger charge is -2.11. The molecule has 0 amide bonds. The second-order valence-corrected chi connectivity index (χ2v) is 6.79. The molecule has 0 saturated heterocycles. The van der Waals surface area contributed by atoms with E-state index in [1.807, 2.05) is 0 Å². The maximum atomic E-state index is 13.6. The van der Waals surface area contributed by atoms with E-state index >= 15 is 0 Å². The van der Waals surface area contributed by atoms with E-state index in [9.17, 15) is 22.4 Å². The SMILES string of the molecule is Cc1[nH]c2ccc(F)cc2c(=O)c1-c1ccc(Oc2ccc(OC(F)(F)F)cc2)cc1. The molecule has 0 spiro atoms. The largest absolute Gasteiger partial charge is 0.573 e. The van der Waals surface area contributed by atoms with Crippen LogP contribution in [0.1, 0.15) is 5.69 Å². The van der Waals surface area contributed by atoms with Gasteiger partial charge in [-0.25, -0.2) is 4.39 Å². The highest BCUT2D eigenvalue weighted by atomic mass is 19.4. The number of H-pyrrole nitrogens is 1. The maximum Gasteiger partial charge on any atom is 0.573 e. The summed E-state index contributed by atoms with van der Waals surface area (Å²) in [6, 6.07) is 15.6. The third-order valence-corrected chi connectivity index (χ3v) is 4.59. The number of aromatic nitrogens is 1. The predicted octanol–water partition coefficient (Wildman–Crippen LogP) is 6.33. The Morgan fingerprint density at radius 2 is 1.42 bits per heavy atom. The summed E-state index contributed by atoms with van der Waals surface area (Å²) in [6.07, 6.45) is -4.76. The van der Waals surface area contributed by atoms with E-state index in [0.29, 0.717) is 33.8 Å². The van der Waals surface area contributed by atoms with E-state index < -0.39 is 12.2 Å². The van der Waals surface area contributed by atoms with Crippen molar-refractivity contribution >= 4 is 10.9 Å². The Hall–Kier alpha value is -3.81. The number of ether oxygens (including phenoxy) is 2. The lowest BCUT2D eigenvalue weighted by Crippen LogP contribution is -2.16. The van der Waals surface area contributed by atoms with Crippen LogP contribution in [0, 0.1) is 12.7 Å². The molecule has 4 rings (SSSR count). The molecule has 1 N–H and O–H groups in total. The lowest BCUT2D eigenvalue weighted by atomic mass is 10.0. The number of rotatable bonds is 4. The zero-order valence-corrected chi connectivity index (χ0v) is 16.1. The normalized spacial score (nSPS) is 11.5. The minimum Gasteiger partial charge on any atom is -0.457 e. The molecule has 0 fully saturated rings. The Morgan fingerprint density at radius 3 is 2.03 bits per heavy atom. The molecule has 0 atom stereocenters. The maximum absolute atomic E-state index is 13.6. The summed E-state index contributed by atoms with van der Waals surface area (Å²) in [6.45, 7) is 1.76. The first-order chi connectivity index (χ1) is 14.7.